The highest BCUT2D eigenvalue weighted by Gasteiger charge is 2.24. The molecular weight excluding hydrogens is 244 g/mol. The summed E-state index contributed by atoms with van der Waals surface area (Å²) < 4.78 is 5.41. The summed E-state index contributed by atoms with van der Waals surface area (Å²) >= 11 is 0. The minimum atomic E-state index is -0.239. The number of pyridine rings is 1. The summed E-state index contributed by atoms with van der Waals surface area (Å²) in [4.78, 5) is 18.2. The predicted molar refractivity (Wildman–Crippen MR) is 69.5 cm³/mol. The van der Waals surface area contributed by atoms with Crippen molar-refractivity contribution in [1.82, 2.24) is 9.88 Å². The van der Waals surface area contributed by atoms with E-state index < -0.39 is 0 Å². The fraction of sp³-hybridized carbons (Fsp3) is 0.429. The Morgan fingerprint density at radius 3 is 3.26 bits per heavy atom. The number of aliphatic hydroxyl groups is 1. The molecule has 1 unspecified atom stereocenters. The summed E-state index contributed by atoms with van der Waals surface area (Å²) in [5, 5.41) is 8.73. The molecule has 19 heavy (non-hydrogen) atoms. The van der Waals surface area contributed by atoms with E-state index in [1.54, 1.807) is 23.2 Å². The van der Waals surface area contributed by atoms with Gasteiger partial charge in [0.2, 0.25) is 0 Å². The third-order valence-electron chi connectivity index (χ3n) is 2.84. The van der Waals surface area contributed by atoms with Crippen LogP contribution in [0.1, 0.15) is 23.0 Å². The lowest BCUT2D eigenvalue weighted by molar-refractivity contribution is -0.0126. The molecule has 1 aliphatic heterocycles. The average molecular weight is 260 g/mol. The first kappa shape index (κ1) is 13.5. The first-order chi connectivity index (χ1) is 9.22. The number of nitrogens with zero attached hydrogens (tertiary/aromatic N) is 2. The molecule has 1 aromatic heterocycles. The van der Waals surface area contributed by atoms with Crippen LogP contribution in [0.25, 0.3) is 0 Å². The van der Waals surface area contributed by atoms with Crippen molar-refractivity contribution in [3.8, 4) is 11.8 Å². The van der Waals surface area contributed by atoms with Crippen molar-refractivity contribution in [2.75, 3.05) is 26.3 Å². The van der Waals surface area contributed by atoms with Gasteiger partial charge in [-0.3, -0.25) is 4.79 Å². The van der Waals surface area contributed by atoms with Gasteiger partial charge in [0.1, 0.15) is 12.3 Å². The Labute approximate surface area is 112 Å². The molecule has 0 bridgehead atoms. The zero-order valence-electron chi connectivity index (χ0n) is 10.8. The second-order valence-corrected chi connectivity index (χ2v) is 4.29. The zero-order valence-corrected chi connectivity index (χ0v) is 10.8. The van der Waals surface area contributed by atoms with Gasteiger partial charge in [0.15, 0.2) is 0 Å². The summed E-state index contributed by atoms with van der Waals surface area (Å²) in [6.07, 6.45) is 1.61. The number of carbonyl (C=O) groups excluding carboxylic acids is 1. The number of aromatic nitrogens is 1. The van der Waals surface area contributed by atoms with E-state index in [4.69, 9.17) is 9.84 Å². The van der Waals surface area contributed by atoms with E-state index in [2.05, 4.69) is 16.8 Å². The SMILES string of the molecule is CC1CN(C(=O)c2ncccc2C#CCO)CCO1. The highest BCUT2D eigenvalue weighted by atomic mass is 16.5. The van der Waals surface area contributed by atoms with E-state index >= 15 is 0 Å². The van der Waals surface area contributed by atoms with Crippen molar-refractivity contribution in [2.45, 2.75) is 13.0 Å². The van der Waals surface area contributed by atoms with Crippen LogP contribution in [0, 0.1) is 11.8 Å². The van der Waals surface area contributed by atoms with E-state index in [0.29, 0.717) is 31.0 Å². The van der Waals surface area contributed by atoms with Gasteiger partial charge in [-0.25, -0.2) is 4.98 Å². The number of aliphatic hydroxyl groups excluding tert-OH is 1. The molecule has 1 amide bonds. The average Bonchev–Trinajstić information content (AvgIpc) is 2.44. The Hall–Kier alpha value is -1.90. The van der Waals surface area contributed by atoms with Crippen LogP contribution in [0.4, 0.5) is 0 Å². The van der Waals surface area contributed by atoms with Crippen LogP contribution < -0.4 is 0 Å². The van der Waals surface area contributed by atoms with Gasteiger partial charge >= 0.3 is 0 Å². The van der Waals surface area contributed by atoms with Gasteiger partial charge < -0.3 is 14.7 Å². The first-order valence-corrected chi connectivity index (χ1v) is 6.18. The molecule has 1 N–H and O–H groups in total. The number of rotatable bonds is 1. The standard InChI is InChI=1S/C14H16N2O3/c1-11-10-16(7-9-19-11)14(18)13-12(5-3-8-17)4-2-6-15-13/h2,4,6,11,17H,7-10H2,1H3. The number of morpholine rings is 1. The maximum absolute atomic E-state index is 12.4. The summed E-state index contributed by atoms with van der Waals surface area (Å²) in [5.41, 5.74) is 0.873. The lowest BCUT2D eigenvalue weighted by Crippen LogP contribution is -2.45. The van der Waals surface area contributed by atoms with Gasteiger partial charge in [0.05, 0.1) is 18.3 Å². The normalized spacial score (nSPS) is 18.6. The van der Waals surface area contributed by atoms with Gasteiger partial charge in [-0.1, -0.05) is 11.8 Å². The Bertz CT molecular complexity index is 519. The molecule has 0 saturated carbocycles. The van der Waals surface area contributed by atoms with Crippen LogP contribution >= 0.6 is 0 Å². The number of amides is 1. The molecule has 1 atom stereocenters. The van der Waals surface area contributed by atoms with Crippen molar-refractivity contribution >= 4 is 5.91 Å². The van der Waals surface area contributed by atoms with E-state index in [1.165, 1.54) is 0 Å². The fourth-order valence-electron chi connectivity index (χ4n) is 1.96. The number of ether oxygens (including phenoxy) is 1. The van der Waals surface area contributed by atoms with E-state index in [1.807, 2.05) is 6.92 Å². The molecule has 1 fully saturated rings. The number of hydrogen-bond acceptors (Lipinski definition) is 4. The Morgan fingerprint density at radius 2 is 2.53 bits per heavy atom. The maximum Gasteiger partial charge on any atom is 0.273 e. The van der Waals surface area contributed by atoms with Crippen molar-refractivity contribution in [2.24, 2.45) is 0 Å². The van der Waals surface area contributed by atoms with Crippen LogP contribution in [-0.2, 0) is 4.74 Å². The molecule has 100 valence electrons. The van der Waals surface area contributed by atoms with Crippen LogP contribution in [0.3, 0.4) is 0 Å². The highest BCUT2D eigenvalue weighted by molar-refractivity contribution is 5.94. The quantitative estimate of drug-likeness (QED) is 0.737. The molecule has 2 heterocycles. The van der Waals surface area contributed by atoms with Crippen molar-refractivity contribution in [3.05, 3.63) is 29.6 Å². The molecule has 5 heteroatoms. The predicted octanol–water partition coefficient (Wildman–Crippen LogP) is 0.286. The van der Waals surface area contributed by atoms with Gasteiger partial charge in [-0.2, -0.15) is 0 Å². The molecular formula is C14H16N2O3. The van der Waals surface area contributed by atoms with E-state index in [0.717, 1.165) is 0 Å². The number of hydrogen-bond donors (Lipinski definition) is 1. The van der Waals surface area contributed by atoms with Gasteiger partial charge in [-0.15, -0.1) is 0 Å². The Kier molecular flexibility index (Phi) is 4.50. The molecule has 0 aliphatic carbocycles. The van der Waals surface area contributed by atoms with Crippen LogP contribution in [0.15, 0.2) is 18.3 Å². The Morgan fingerprint density at radius 1 is 1.68 bits per heavy atom. The Balaban J connectivity index is 2.23. The molecule has 0 spiro atoms. The molecule has 0 aromatic carbocycles. The van der Waals surface area contributed by atoms with Crippen molar-refractivity contribution in [3.63, 3.8) is 0 Å². The molecule has 1 aromatic rings. The topological polar surface area (TPSA) is 62.7 Å². The third-order valence-corrected chi connectivity index (χ3v) is 2.84. The molecule has 1 aliphatic rings. The summed E-state index contributed by atoms with van der Waals surface area (Å²) in [7, 11) is 0. The van der Waals surface area contributed by atoms with Gasteiger partial charge in [0.25, 0.3) is 5.91 Å². The fourth-order valence-corrected chi connectivity index (χ4v) is 1.96. The second-order valence-electron chi connectivity index (χ2n) is 4.29. The van der Waals surface area contributed by atoms with Crippen LogP contribution in [0.5, 0.6) is 0 Å². The largest absolute Gasteiger partial charge is 0.384 e. The first-order valence-electron chi connectivity index (χ1n) is 6.18. The lowest BCUT2D eigenvalue weighted by atomic mass is 10.1. The minimum absolute atomic E-state index is 0.0355. The lowest BCUT2D eigenvalue weighted by Gasteiger charge is -2.31. The van der Waals surface area contributed by atoms with Crippen LogP contribution in [0.2, 0.25) is 0 Å². The van der Waals surface area contributed by atoms with E-state index in [-0.39, 0.29) is 18.6 Å². The van der Waals surface area contributed by atoms with E-state index in [9.17, 15) is 4.79 Å². The maximum atomic E-state index is 12.4. The number of carbonyl (C=O) groups is 1. The van der Waals surface area contributed by atoms with Gasteiger partial charge in [0, 0.05) is 19.3 Å². The summed E-state index contributed by atoms with van der Waals surface area (Å²) in [6, 6.07) is 3.45. The highest BCUT2D eigenvalue weighted by Crippen LogP contribution is 2.11. The zero-order chi connectivity index (χ0) is 13.7. The minimum Gasteiger partial charge on any atom is -0.384 e. The van der Waals surface area contributed by atoms with Crippen LogP contribution in [-0.4, -0.2) is 53.3 Å². The van der Waals surface area contributed by atoms with Crippen molar-refractivity contribution in [1.29, 1.82) is 0 Å². The molecule has 5 nitrogen and oxygen atoms in total. The van der Waals surface area contributed by atoms with Gasteiger partial charge in [-0.05, 0) is 19.1 Å². The molecule has 0 radical (unpaired) electrons. The summed E-state index contributed by atoms with van der Waals surface area (Å²) in [5.74, 6) is 5.15. The molecule has 2 rings (SSSR count). The summed E-state index contributed by atoms with van der Waals surface area (Å²) in [6.45, 7) is 3.35. The third kappa shape index (κ3) is 3.31. The monoisotopic (exact) mass is 260 g/mol. The van der Waals surface area contributed by atoms with Crippen molar-refractivity contribution < 1.29 is 14.6 Å². The molecule has 1 saturated heterocycles. The second kappa shape index (κ2) is 6.32. The smallest absolute Gasteiger partial charge is 0.273 e.